The molecule has 0 spiro atoms. The number of aromatic amines is 1. The van der Waals surface area contributed by atoms with Gasteiger partial charge in [-0.05, 0) is 43.5 Å². The third kappa shape index (κ3) is 1.71. The van der Waals surface area contributed by atoms with Crippen LogP contribution in [-0.2, 0) is 0 Å². The van der Waals surface area contributed by atoms with Gasteiger partial charge in [0.2, 0.25) is 0 Å². The maximum atomic E-state index is 5.92. The molecule has 1 aromatic heterocycles. The summed E-state index contributed by atoms with van der Waals surface area (Å²) in [6.07, 6.45) is 2.46. The molecule has 1 N–H and O–H groups in total. The predicted octanol–water partition coefficient (Wildman–Crippen LogP) is 3.31. The lowest BCUT2D eigenvalue weighted by atomic mass is 10.1. The summed E-state index contributed by atoms with van der Waals surface area (Å²) in [6, 6.07) is 5.78. The summed E-state index contributed by atoms with van der Waals surface area (Å²) in [5.41, 5.74) is 2.15. The standard InChI is InChI=1S/C12H12ClN3/c1-7-6-9(13)4-5-10(7)12-14-11(15-16-12)8-2-3-8/h4-6,8H,2-3H2,1H3,(H,14,15,16). The third-order valence-electron chi connectivity index (χ3n) is 2.90. The molecule has 0 aliphatic heterocycles. The lowest BCUT2D eigenvalue weighted by Gasteiger charge is -2.00. The number of rotatable bonds is 2. The summed E-state index contributed by atoms with van der Waals surface area (Å²) in [7, 11) is 0. The lowest BCUT2D eigenvalue weighted by Crippen LogP contribution is -1.86. The van der Waals surface area contributed by atoms with Crippen LogP contribution in [0.1, 0.15) is 30.1 Å². The van der Waals surface area contributed by atoms with Crippen molar-refractivity contribution in [2.24, 2.45) is 0 Å². The van der Waals surface area contributed by atoms with Crippen LogP contribution in [0.3, 0.4) is 0 Å². The quantitative estimate of drug-likeness (QED) is 0.865. The van der Waals surface area contributed by atoms with Gasteiger partial charge in [-0.2, -0.15) is 5.10 Å². The molecule has 0 amide bonds. The predicted molar refractivity (Wildman–Crippen MR) is 63.5 cm³/mol. The first-order valence-electron chi connectivity index (χ1n) is 5.43. The summed E-state index contributed by atoms with van der Waals surface area (Å²) in [4.78, 5) is 4.52. The van der Waals surface area contributed by atoms with Crippen molar-refractivity contribution in [2.45, 2.75) is 25.7 Å². The summed E-state index contributed by atoms with van der Waals surface area (Å²) in [5, 5.41) is 8.02. The molecule has 2 aromatic rings. The number of aryl methyl sites for hydroxylation is 1. The zero-order valence-electron chi connectivity index (χ0n) is 9.00. The molecule has 3 nitrogen and oxygen atoms in total. The van der Waals surface area contributed by atoms with Crippen molar-refractivity contribution in [1.29, 1.82) is 0 Å². The Balaban J connectivity index is 2.00. The van der Waals surface area contributed by atoms with Gasteiger partial charge in [0, 0.05) is 16.5 Å². The fourth-order valence-electron chi connectivity index (χ4n) is 1.81. The molecular formula is C12H12ClN3. The van der Waals surface area contributed by atoms with Crippen molar-refractivity contribution in [3.05, 3.63) is 34.6 Å². The van der Waals surface area contributed by atoms with Crippen molar-refractivity contribution in [2.75, 3.05) is 0 Å². The Kier molecular flexibility index (Phi) is 2.21. The summed E-state index contributed by atoms with van der Waals surface area (Å²) in [5.74, 6) is 2.40. The largest absolute Gasteiger partial charge is 0.262 e. The molecule has 82 valence electrons. The van der Waals surface area contributed by atoms with Crippen LogP contribution in [0, 0.1) is 6.92 Å². The van der Waals surface area contributed by atoms with Crippen LogP contribution in [0.4, 0.5) is 0 Å². The molecule has 3 rings (SSSR count). The maximum absolute atomic E-state index is 5.92. The molecule has 1 aromatic carbocycles. The Labute approximate surface area is 98.9 Å². The normalized spacial score (nSPS) is 15.4. The Bertz CT molecular complexity index is 529. The van der Waals surface area contributed by atoms with E-state index in [1.165, 1.54) is 12.8 Å². The molecule has 0 atom stereocenters. The second-order valence-corrected chi connectivity index (χ2v) is 4.71. The van der Waals surface area contributed by atoms with Crippen molar-refractivity contribution < 1.29 is 0 Å². The van der Waals surface area contributed by atoms with E-state index in [-0.39, 0.29) is 0 Å². The third-order valence-corrected chi connectivity index (χ3v) is 3.13. The molecule has 0 bridgehead atoms. The van der Waals surface area contributed by atoms with Gasteiger partial charge in [0.25, 0.3) is 0 Å². The van der Waals surface area contributed by atoms with Gasteiger partial charge in [-0.3, -0.25) is 5.10 Å². The van der Waals surface area contributed by atoms with Gasteiger partial charge in [-0.15, -0.1) is 0 Å². The Hall–Kier alpha value is -1.35. The van der Waals surface area contributed by atoms with E-state index in [0.717, 1.165) is 27.8 Å². The highest BCUT2D eigenvalue weighted by molar-refractivity contribution is 6.30. The van der Waals surface area contributed by atoms with Gasteiger partial charge in [-0.1, -0.05) is 11.6 Å². The Morgan fingerprint density at radius 3 is 2.88 bits per heavy atom. The molecule has 1 heterocycles. The lowest BCUT2D eigenvalue weighted by molar-refractivity contribution is 0.935. The zero-order valence-corrected chi connectivity index (χ0v) is 9.75. The van der Waals surface area contributed by atoms with Crippen LogP contribution >= 0.6 is 11.6 Å². The van der Waals surface area contributed by atoms with Crippen LogP contribution in [-0.4, -0.2) is 15.2 Å². The highest BCUT2D eigenvalue weighted by atomic mass is 35.5. The molecule has 0 saturated heterocycles. The smallest absolute Gasteiger partial charge is 0.181 e. The molecule has 0 radical (unpaired) electrons. The highest BCUT2D eigenvalue weighted by Crippen LogP contribution is 2.38. The fourth-order valence-corrected chi connectivity index (χ4v) is 2.04. The highest BCUT2D eigenvalue weighted by Gasteiger charge is 2.27. The molecule has 0 unspecified atom stereocenters. The van der Waals surface area contributed by atoms with Crippen molar-refractivity contribution >= 4 is 11.6 Å². The number of nitrogens with zero attached hydrogens (tertiary/aromatic N) is 2. The minimum Gasteiger partial charge on any atom is -0.262 e. The second kappa shape index (κ2) is 3.59. The van der Waals surface area contributed by atoms with Gasteiger partial charge >= 0.3 is 0 Å². The van der Waals surface area contributed by atoms with E-state index in [9.17, 15) is 0 Å². The number of nitrogens with one attached hydrogen (secondary N) is 1. The number of aromatic nitrogens is 3. The van der Waals surface area contributed by atoms with Crippen molar-refractivity contribution in [3.8, 4) is 11.4 Å². The summed E-state index contributed by atoms with van der Waals surface area (Å²) < 4.78 is 0. The van der Waals surface area contributed by atoms with Crippen LogP contribution in [0.25, 0.3) is 11.4 Å². The first-order chi connectivity index (χ1) is 7.74. The van der Waals surface area contributed by atoms with E-state index in [1.54, 1.807) is 0 Å². The van der Waals surface area contributed by atoms with Gasteiger partial charge in [0.15, 0.2) is 5.82 Å². The average Bonchev–Trinajstić information content (AvgIpc) is 2.98. The van der Waals surface area contributed by atoms with Crippen LogP contribution in [0.2, 0.25) is 5.02 Å². The van der Waals surface area contributed by atoms with Crippen molar-refractivity contribution in [1.82, 2.24) is 15.2 Å². The first kappa shape index (κ1) is 9.85. The molecule has 16 heavy (non-hydrogen) atoms. The van der Waals surface area contributed by atoms with E-state index in [4.69, 9.17) is 11.6 Å². The topological polar surface area (TPSA) is 41.6 Å². The number of halogens is 1. The Morgan fingerprint density at radius 1 is 1.38 bits per heavy atom. The Morgan fingerprint density at radius 2 is 2.19 bits per heavy atom. The van der Waals surface area contributed by atoms with Gasteiger partial charge in [0.1, 0.15) is 5.82 Å². The number of benzene rings is 1. The molecule has 1 fully saturated rings. The molecule has 1 aliphatic carbocycles. The molecule has 1 aliphatic rings. The number of H-pyrrole nitrogens is 1. The molecule has 4 heteroatoms. The monoisotopic (exact) mass is 233 g/mol. The van der Waals surface area contributed by atoms with E-state index in [0.29, 0.717) is 5.92 Å². The van der Waals surface area contributed by atoms with Gasteiger partial charge in [-0.25, -0.2) is 4.98 Å². The summed E-state index contributed by atoms with van der Waals surface area (Å²) >= 11 is 5.92. The van der Waals surface area contributed by atoms with E-state index >= 15 is 0 Å². The SMILES string of the molecule is Cc1cc(Cl)ccc1-c1n[nH]c(C2CC2)n1. The average molecular weight is 234 g/mol. The number of hydrogen-bond donors (Lipinski definition) is 1. The van der Waals surface area contributed by atoms with Crippen molar-refractivity contribution in [3.63, 3.8) is 0 Å². The van der Waals surface area contributed by atoms with E-state index in [2.05, 4.69) is 15.2 Å². The molecule has 1 saturated carbocycles. The number of hydrogen-bond acceptors (Lipinski definition) is 2. The van der Waals surface area contributed by atoms with E-state index in [1.807, 2.05) is 25.1 Å². The zero-order chi connectivity index (χ0) is 11.1. The van der Waals surface area contributed by atoms with Gasteiger partial charge < -0.3 is 0 Å². The van der Waals surface area contributed by atoms with Gasteiger partial charge in [0.05, 0.1) is 0 Å². The van der Waals surface area contributed by atoms with Crippen LogP contribution in [0.15, 0.2) is 18.2 Å². The van der Waals surface area contributed by atoms with Crippen LogP contribution in [0.5, 0.6) is 0 Å². The van der Waals surface area contributed by atoms with Crippen LogP contribution < -0.4 is 0 Å². The van der Waals surface area contributed by atoms with E-state index < -0.39 is 0 Å². The maximum Gasteiger partial charge on any atom is 0.181 e. The summed E-state index contributed by atoms with van der Waals surface area (Å²) in [6.45, 7) is 2.02. The first-order valence-corrected chi connectivity index (χ1v) is 5.80. The molecular weight excluding hydrogens is 222 g/mol. The fraction of sp³-hybridized carbons (Fsp3) is 0.333. The second-order valence-electron chi connectivity index (χ2n) is 4.28. The minimum absolute atomic E-state index is 0.605. The minimum atomic E-state index is 0.605.